The molecule has 1 heteroatoms. The van der Waals surface area contributed by atoms with Crippen molar-refractivity contribution in [2.24, 2.45) is 23.2 Å². The van der Waals surface area contributed by atoms with Crippen molar-refractivity contribution < 1.29 is 0 Å². The van der Waals surface area contributed by atoms with E-state index in [9.17, 15) is 5.26 Å². The van der Waals surface area contributed by atoms with Crippen LogP contribution in [-0.2, 0) is 0 Å². The Balaban J connectivity index is 1.70. The lowest BCUT2D eigenvalue weighted by Gasteiger charge is -2.41. The minimum Gasteiger partial charge on any atom is -0.198 e. The largest absolute Gasteiger partial charge is 0.198 e. The fourth-order valence-corrected chi connectivity index (χ4v) is 5.43. The van der Waals surface area contributed by atoms with Gasteiger partial charge in [-0.15, -0.1) is 0 Å². The molecule has 0 aromatic heterocycles. The van der Waals surface area contributed by atoms with Crippen molar-refractivity contribution in [3.05, 3.63) is 0 Å². The van der Waals surface area contributed by atoms with E-state index in [1.54, 1.807) is 0 Å². The summed E-state index contributed by atoms with van der Waals surface area (Å²) < 4.78 is 0. The zero-order chi connectivity index (χ0) is 17.3. The molecule has 0 spiro atoms. The first-order valence-electron chi connectivity index (χ1n) is 11.1. The highest BCUT2D eigenvalue weighted by Crippen LogP contribution is 2.47. The van der Waals surface area contributed by atoms with Crippen LogP contribution in [0.2, 0.25) is 0 Å². The summed E-state index contributed by atoms with van der Waals surface area (Å²) >= 11 is 0. The summed E-state index contributed by atoms with van der Waals surface area (Å²) in [5.74, 6) is 2.96. The Hall–Kier alpha value is -0.510. The van der Waals surface area contributed by atoms with Crippen LogP contribution in [0.1, 0.15) is 117 Å². The molecule has 2 saturated carbocycles. The van der Waals surface area contributed by atoms with Crippen LogP contribution in [0.25, 0.3) is 0 Å². The maximum Gasteiger partial charge on any atom is 0.0689 e. The molecule has 24 heavy (non-hydrogen) atoms. The Morgan fingerprint density at radius 2 is 1.38 bits per heavy atom. The predicted octanol–water partition coefficient (Wildman–Crippen LogP) is 7.65. The van der Waals surface area contributed by atoms with E-state index in [0.29, 0.717) is 0 Å². The Morgan fingerprint density at radius 3 is 1.96 bits per heavy atom. The van der Waals surface area contributed by atoms with Gasteiger partial charge in [-0.3, -0.25) is 0 Å². The highest BCUT2D eigenvalue weighted by atomic mass is 14.4. The molecule has 1 nitrogen and oxygen atoms in total. The number of rotatable bonds is 9. The van der Waals surface area contributed by atoms with Crippen LogP contribution >= 0.6 is 0 Å². The maximum atomic E-state index is 9.72. The first kappa shape index (κ1) is 19.8. The second-order valence-corrected chi connectivity index (χ2v) is 8.96. The first-order valence-corrected chi connectivity index (χ1v) is 11.1. The number of hydrogen-bond acceptors (Lipinski definition) is 1. The van der Waals surface area contributed by atoms with Gasteiger partial charge in [-0.2, -0.15) is 5.26 Å². The fraction of sp³-hybridized carbons (Fsp3) is 0.957. The first-order chi connectivity index (χ1) is 11.7. The predicted molar refractivity (Wildman–Crippen MR) is 104 cm³/mol. The lowest BCUT2D eigenvalue weighted by molar-refractivity contribution is 0.114. The molecule has 0 aliphatic heterocycles. The minimum atomic E-state index is 0.0447. The molecule has 0 radical (unpaired) electrons. The van der Waals surface area contributed by atoms with Gasteiger partial charge in [0.05, 0.1) is 11.5 Å². The van der Waals surface area contributed by atoms with Crippen molar-refractivity contribution in [2.45, 2.75) is 117 Å². The summed E-state index contributed by atoms with van der Waals surface area (Å²) in [6.07, 6.45) is 21.7. The highest BCUT2D eigenvalue weighted by Gasteiger charge is 2.38. The van der Waals surface area contributed by atoms with Crippen molar-refractivity contribution in [1.82, 2.24) is 0 Å². The van der Waals surface area contributed by atoms with Crippen LogP contribution in [0.15, 0.2) is 0 Å². The van der Waals surface area contributed by atoms with Gasteiger partial charge in [0.1, 0.15) is 0 Å². The van der Waals surface area contributed by atoms with Crippen molar-refractivity contribution in [2.75, 3.05) is 0 Å². The third-order valence-corrected chi connectivity index (χ3v) is 7.26. The van der Waals surface area contributed by atoms with Crippen molar-refractivity contribution >= 4 is 0 Å². The molecular formula is C23H41N. The Labute approximate surface area is 151 Å². The van der Waals surface area contributed by atoms with E-state index >= 15 is 0 Å². The van der Waals surface area contributed by atoms with E-state index in [4.69, 9.17) is 0 Å². The van der Waals surface area contributed by atoms with Crippen LogP contribution in [0.5, 0.6) is 0 Å². The SMILES string of the molecule is CCCCCC1CCC(C2CCC(C#N)(CCCCC)CC2)CC1. The van der Waals surface area contributed by atoms with Crippen LogP contribution in [0, 0.1) is 34.5 Å². The third-order valence-electron chi connectivity index (χ3n) is 7.26. The summed E-state index contributed by atoms with van der Waals surface area (Å²) in [4.78, 5) is 0. The fourth-order valence-electron chi connectivity index (χ4n) is 5.43. The number of nitriles is 1. The summed E-state index contributed by atoms with van der Waals surface area (Å²) in [7, 11) is 0. The smallest absolute Gasteiger partial charge is 0.0689 e. The van der Waals surface area contributed by atoms with Crippen molar-refractivity contribution in [1.29, 1.82) is 5.26 Å². The van der Waals surface area contributed by atoms with Gasteiger partial charge in [0.2, 0.25) is 0 Å². The quantitative estimate of drug-likeness (QED) is 0.398. The normalized spacial score (nSPS) is 34.0. The van der Waals surface area contributed by atoms with Crippen LogP contribution < -0.4 is 0 Å². The molecule has 2 rings (SSSR count). The summed E-state index contributed by atoms with van der Waals surface area (Å²) in [5.41, 5.74) is 0.0447. The topological polar surface area (TPSA) is 23.8 Å². The van der Waals surface area contributed by atoms with Crippen LogP contribution in [-0.4, -0.2) is 0 Å². The number of hydrogen-bond donors (Lipinski definition) is 0. The van der Waals surface area contributed by atoms with Crippen LogP contribution in [0.3, 0.4) is 0 Å². The molecule has 0 saturated heterocycles. The Bertz CT molecular complexity index is 364. The molecule has 2 fully saturated rings. The third kappa shape index (κ3) is 5.79. The zero-order valence-electron chi connectivity index (χ0n) is 16.5. The van der Waals surface area contributed by atoms with E-state index in [1.807, 2.05) is 0 Å². The van der Waals surface area contributed by atoms with Gasteiger partial charge in [0.15, 0.2) is 0 Å². The van der Waals surface area contributed by atoms with Gasteiger partial charge in [0, 0.05) is 0 Å². The molecule has 2 aliphatic carbocycles. The molecule has 0 aromatic carbocycles. The van der Waals surface area contributed by atoms with Crippen molar-refractivity contribution in [3.8, 4) is 6.07 Å². The second kappa shape index (κ2) is 10.5. The minimum absolute atomic E-state index is 0.0447. The standard InChI is InChI=1S/C23H41N/c1-3-5-7-9-20-10-12-21(13-11-20)22-14-17-23(19-24,18-15-22)16-8-6-4-2/h20-22H,3-18H2,1-2H3. The van der Waals surface area contributed by atoms with E-state index in [1.165, 1.54) is 96.3 Å². The molecule has 0 N–H and O–H groups in total. The van der Waals surface area contributed by atoms with Gasteiger partial charge in [-0.25, -0.2) is 0 Å². The van der Waals surface area contributed by atoms with E-state index in [2.05, 4.69) is 19.9 Å². The maximum absolute atomic E-state index is 9.72. The lowest BCUT2D eigenvalue weighted by atomic mass is 9.63. The number of unbranched alkanes of at least 4 members (excludes halogenated alkanes) is 4. The molecule has 2 aliphatic rings. The van der Waals surface area contributed by atoms with Crippen LogP contribution in [0.4, 0.5) is 0 Å². The van der Waals surface area contributed by atoms with E-state index < -0.39 is 0 Å². The zero-order valence-corrected chi connectivity index (χ0v) is 16.5. The monoisotopic (exact) mass is 331 g/mol. The summed E-state index contributed by atoms with van der Waals surface area (Å²) in [6, 6.07) is 2.74. The van der Waals surface area contributed by atoms with Crippen molar-refractivity contribution in [3.63, 3.8) is 0 Å². The van der Waals surface area contributed by atoms with E-state index in [-0.39, 0.29) is 5.41 Å². The summed E-state index contributed by atoms with van der Waals surface area (Å²) in [6.45, 7) is 4.57. The van der Waals surface area contributed by atoms with Gasteiger partial charge < -0.3 is 0 Å². The molecule has 0 amide bonds. The summed E-state index contributed by atoms with van der Waals surface area (Å²) in [5, 5.41) is 9.72. The average molecular weight is 332 g/mol. The number of nitrogens with zero attached hydrogens (tertiary/aromatic N) is 1. The van der Waals surface area contributed by atoms with Gasteiger partial charge in [0.25, 0.3) is 0 Å². The molecule has 0 aromatic rings. The van der Waals surface area contributed by atoms with Gasteiger partial charge in [-0.1, -0.05) is 71.6 Å². The van der Waals surface area contributed by atoms with Gasteiger partial charge in [-0.05, 0) is 62.7 Å². The Kier molecular flexibility index (Phi) is 8.65. The molecule has 0 unspecified atom stereocenters. The van der Waals surface area contributed by atoms with E-state index in [0.717, 1.165) is 24.2 Å². The second-order valence-electron chi connectivity index (χ2n) is 8.96. The highest BCUT2D eigenvalue weighted by molar-refractivity contribution is 5.02. The molecule has 0 heterocycles. The molecule has 0 atom stereocenters. The molecule has 0 bridgehead atoms. The average Bonchev–Trinajstić information content (AvgIpc) is 2.63. The molecular weight excluding hydrogens is 290 g/mol. The lowest BCUT2D eigenvalue weighted by Crippen LogP contribution is -2.31. The Morgan fingerprint density at radius 1 is 0.792 bits per heavy atom. The van der Waals surface area contributed by atoms with Gasteiger partial charge >= 0.3 is 0 Å². The molecule has 138 valence electrons.